The van der Waals surface area contributed by atoms with E-state index in [1.807, 2.05) is 0 Å². The van der Waals surface area contributed by atoms with Gasteiger partial charge in [0.25, 0.3) is 0 Å². The van der Waals surface area contributed by atoms with Gasteiger partial charge in [0, 0.05) is 5.92 Å². The molecule has 0 radical (unpaired) electrons. The van der Waals surface area contributed by atoms with Crippen LogP contribution in [0.2, 0.25) is 0 Å². The molecule has 0 aliphatic heterocycles. The molecule has 0 fully saturated rings. The normalized spacial score (nSPS) is 18.6. The molecule has 0 aromatic heterocycles. The van der Waals surface area contributed by atoms with E-state index in [1.165, 1.54) is 0 Å². The molecule has 0 amide bonds. The zero-order valence-corrected chi connectivity index (χ0v) is 6.44. The van der Waals surface area contributed by atoms with Crippen LogP contribution in [0.25, 0.3) is 0 Å². The average molecular weight is 113 g/mol. The summed E-state index contributed by atoms with van der Waals surface area (Å²) in [7, 11) is 0. The molecule has 0 heteroatoms. The van der Waals surface area contributed by atoms with Crippen molar-refractivity contribution in [2.45, 2.75) is 27.7 Å². The molecule has 48 valence electrons. The summed E-state index contributed by atoms with van der Waals surface area (Å²) in [6.45, 7) is 12.9. The molecule has 0 saturated heterocycles. The van der Waals surface area contributed by atoms with Gasteiger partial charge in [-0.2, -0.15) is 0 Å². The first-order valence-corrected chi connectivity index (χ1v) is 3.38. The highest BCUT2D eigenvalue weighted by molar-refractivity contribution is 4.65. The topological polar surface area (TPSA) is 0 Å². The van der Waals surface area contributed by atoms with Gasteiger partial charge in [0.05, 0.1) is 12.8 Å². The Balaban J connectivity index is 3.46. The Labute approximate surface area is 53.3 Å². The maximum atomic E-state index is 3.96. The molecule has 0 aliphatic rings. The maximum absolute atomic E-state index is 3.96. The van der Waals surface area contributed by atoms with Crippen LogP contribution in [0.5, 0.6) is 0 Å². The molecule has 0 aliphatic carbocycles. The van der Waals surface area contributed by atoms with E-state index in [1.54, 1.807) is 0 Å². The quantitative estimate of drug-likeness (QED) is 0.483. The largest absolute Gasteiger partial charge is 0.0952 e. The van der Waals surface area contributed by atoms with Gasteiger partial charge in [-0.25, -0.2) is 0 Å². The Kier molecular flexibility index (Phi) is 2.96. The molecule has 2 atom stereocenters. The van der Waals surface area contributed by atoms with Crippen molar-refractivity contribution in [1.29, 1.82) is 0 Å². The van der Waals surface area contributed by atoms with Gasteiger partial charge in [-0.15, -0.1) is 0 Å². The summed E-state index contributed by atoms with van der Waals surface area (Å²) in [4.78, 5) is 0. The van der Waals surface area contributed by atoms with Gasteiger partial charge in [-0.1, -0.05) is 20.8 Å². The smallest absolute Gasteiger partial charge is 0.0623 e. The number of hydrogen-bond acceptors (Lipinski definition) is 0. The van der Waals surface area contributed by atoms with E-state index in [2.05, 4.69) is 34.6 Å². The minimum atomic E-state index is 0.593. The highest BCUT2D eigenvalue weighted by atomic mass is 14.2. The van der Waals surface area contributed by atoms with Crippen LogP contribution in [0.1, 0.15) is 27.7 Å². The zero-order valence-electron chi connectivity index (χ0n) is 6.44. The van der Waals surface area contributed by atoms with Crippen LogP contribution in [0.3, 0.4) is 0 Å². The third-order valence-electron chi connectivity index (χ3n) is 1.95. The van der Waals surface area contributed by atoms with E-state index in [4.69, 9.17) is 0 Å². The van der Waals surface area contributed by atoms with Crippen LogP contribution in [0.15, 0.2) is 0 Å². The predicted octanol–water partition coefficient (Wildman–Crippen LogP) is 2.75. The molecule has 0 bridgehead atoms. The molecule has 0 aromatic rings. The summed E-state index contributed by atoms with van der Waals surface area (Å²) in [5.41, 5.74) is 0. The summed E-state index contributed by atoms with van der Waals surface area (Å²) < 4.78 is 0. The minimum Gasteiger partial charge on any atom is -0.0623 e. The summed E-state index contributed by atoms with van der Waals surface area (Å²) >= 11 is 0. The fourth-order valence-corrected chi connectivity index (χ4v) is 0.657. The van der Waals surface area contributed by atoms with E-state index in [9.17, 15) is 0 Å². The molecule has 2 unspecified atom stereocenters. The van der Waals surface area contributed by atoms with Crippen LogP contribution in [0, 0.1) is 24.7 Å². The third-order valence-corrected chi connectivity index (χ3v) is 1.95. The Hall–Kier alpha value is -0.130. The van der Waals surface area contributed by atoms with Gasteiger partial charge >= 0.3 is 0 Å². The van der Waals surface area contributed by atoms with Crippen molar-refractivity contribution in [2.75, 3.05) is 0 Å². The number of hydrogen-bond donors (Lipinski definition) is 0. The molecule has 0 spiro atoms. The average Bonchev–Trinajstić information content (AvgIpc) is 1.64. The predicted molar refractivity (Wildman–Crippen MR) is 38.5 cm³/mol. The summed E-state index contributed by atoms with van der Waals surface area (Å²) in [5.74, 6) is 2.13. The van der Waals surface area contributed by atoms with Crippen LogP contribution >= 0.6 is 0 Å². The first-order valence-electron chi connectivity index (χ1n) is 3.38. The fraction of sp³-hybridized carbons (Fsp3) is 0.875. The molecule has 0 heterocycles. The van der Waals surface area contributed by atoms with Crippen molar-refractivity contribution in [2.24, 2.45) is 17.8 Å². The Morgan fingerprint density at radius 2 is 1.38 bits per heavy atom. The lowest BCUT2D eigenvalue weighted by atomic mass is 9.88. The van der Waals surface area contributed by atoms with Crippen LogP contribution in [-0.4, -0.2) is 0 Å². The zero-order chi connectivity index (χ0) is 6.73. The van der Waals surface area contributed by atoms with Gasteiger partial charge < -0.3 is 0 Å². The van der Waals surface area contributed by atoms with E-state index in [0.29, 0.717) is 5.92 Å². The van der Waals surface area contributed by atoms with Crippen molar-refractivity contribution >= 4 is 0 Å². The van der Waals surface area contributed by atoms with Gasteiger partial charge in [0.2, 0.25) is 0 Å². The highest BCUT2D eigenvalue weighted by Gasteiger charge is 2.15. The van der Waals surface area contributed by atoms with E-state index in [-0.39, 0.29) is 0 Å². The monoisotopic (exact) mass is 113 g/mol. The number of rotatable bonds is 2. The first-order chi connectivity index (χ1) is 3.55. The summed E-state index contributed by atoms with van der Waals surface area (Å²) in [6, 6.07) is 0. The van der Waals surface area contributed by atoms with Gasteiger partial charge in [-0.05, 0) is 12.8 Å². The van der Waals surface area contributed by atoms with Crippen molar-refractivity contribution in [3.63, 3.8) is 0 Å². The summed E-state index contributed by atoms with van der Waals surface area (Å²) in [6.07, 6.45) is 0. The van der Waals surface area contributed by atoms with Crippen molar-refractivity contribution in [3.05, 3.63) is 6.92 Å². The Morgan fingerprint density at radius 3 is 1.38 bits per heavy atom. The van der Waals surface area contributed by atoms with Crippen LogP contribution in [-0.2, 0) is 0 Å². The lowest BCUT2D eigenvalue weighted by Crippen LogP contribution is -2.10. The summed E-state index contributed by atoms with van der Waals surface area (Å²) in [5, 5.41) is 0. The lowest BCUT2D eigenvalue weighted by molar-refractivity contribution is 0.340. The highest BCUT2D eigenvalue weighted by Crippen LogP contribution is 2.18. The molecular weight excluding hydrogens is 96.1 g/mol. The first kappa shape index (κ1) is 7.87. The Morgan fingerprint density at radius 1 is 1.00 bits per heavy atom. The minimum absolute atomic E-state index is 0.593. The van der Waals surface area contributed by atoms with Gasteiger partial charge in [0.1, 0.15) is 0 Å². The molecule has 0 nitrogen and oxygen atoms in total. The standard InChI is InChI=1S/C8H17/c1-6(2)8(5)7(3)4/h6-8H,1H2,2-5H3/q+1. The molecule has 0 rings (SSSR count). The molecular formula is C8H17+. The lowest BCUT2D eigenvalue weighted by Gasteiger charge is -2.13. The van der Waals surface area contributed by atoms with Gasteiger partial charge in [-0.3, -0.25) is 0 Å². The van der Waals surface area contributed by atoms with Gasteiger partial charge in [0.15, 0.2) is 0 Å². The van der Waals surface area contributed by atoms with E-state index >= 15 is 0 Å². The van der Waals surface area contributed by atoms with Crippen LogP contribution < -0.4 is 0 Å². The Bertz CT molecular complexity index is 45.1. The molecule has 0 saturated carbocycles. The molecule has 0 aromatic carbocycles. The third kappa shape index (κ3) is 2.25. The second-order valence-electron chi connectivity index (χ2n) is 3.08. The van der Waals surface area contributed by atoms with Crippen LogP contribution in [0.4, 0.5) is 0 Å². The second kappa shape index (κ2) is 3.01. The van der Waals surface area contributed by atoms with E-state index in [0.717, 1.165) is 11.8 Å². The SMILES string of the molecule is [CH2+]C(C)C(C)C(C)C. The fourth-order valence-electron chi connectivity index (χ4n) is 0.657. The van der Waals surface area contributed by atoms with E-state index < -0.39 is 0 Å². The van der Waals surface area contributed by atoms with Crippen molar-refractivity contribution in [3.8, 4) is 0 Å². The molecule has 8 heavy (non-hydrogen) atoms. The second-order valence-corrected chi connectivity index (χ2v) is 3.08. The van der Waals surface area contributed by atoms with Crippen molar-refractivity contribution in [1.82, 2.24) is 0 Å². The molecule has 0 N–H and O–H groups in total. The maximum Gasteiger partial charge on any atom is 0.0952 e. The van der Waals surface area contributed by atoms with Crippen molar-refractivity contribution < 1.29 is 0 Å².